The van der Waals surface area contributed by atoms with Gasteiger partial charge in [0.15, 0.2) is 0 Å². The van der Waals surface area contributed by atoms with E-state index in [1.165, 1.54) is 57.8 Å². The van der Waals surface area contributed by atoms with Crippen molar-refractivity contribution in [1.82, 2.24) is 0 Å². The third-order valence-electron chi connectivity index (χ3n) is 4.54. The van der Waals surface area contributed by atoms with Crippen molar-refractivity contribution in [3.8, 4) is 0 Å². The maximum Gasteiger partial charge on any atom is 0.305 e. The molecule has 0 spiro atoms. The van der Waals surface area contributed by atoms with Gasteiger partial charge in [0.05, 0.1) is 12.2 Å². The van der Waals surface area contributed by atoms with Crippen molar-refractivity contribution in [1.29, 1.82) is 0 Å². The third kappa shape index (κ3) is 16.3. The van der Waals surface area contributed by atoms with Crippen molar-refractivity contribution in [3.05, 3.63) is 0 Å². The molecule has 0 saturated heterocycles. The highest BCUT2D eigenvalue weighted by molar-refractivity contribution is 5.69. The summed E-state index contributed by atoms with van der Waals surface area (Å²) in [5.74, 6) is -0.175. The van der Waals surface area contributed by atoms with Crippen LogP contribution in [-0.2, 0) is 9.53 Å². The van der Waals surface area contributed by atoms with Crippen LogP contribution in [0, 0.1) is 0 Å². The van der Waals surface area contributed by atoms with Gasteiger partial charge in [0.2, 0.25) is 0 Å². The molecule has 0 aromatic rings. The molecule has 2 N–H and O–H groups in total. The van der Waals surface area contributed by atoms with E-state index in [4.69, 9.17) is 9.84 Å². The van der Waals surface area contributed by atoms with Gasteiger partial charge in [-0.3, -0.25) is 4.79 Å². The summed E-state index contributed by atoms with van der Waals surface area (Å²) in [5.41, 5.74) is -0.953. The molecule has 0 fully saturated rings. The molecular formula is C20H40O4. The zero-order valence-corrected chi connectivity index (χ0v) is 16.0. The van der Waals surface area contributed by atoms with Crippen molar-refractivity contribution in [2.75, 3.05) is 13.2 Å². The first kappa shape index (κ1) is 23.4. The molecule has 0 heterocycles. The molecular weight excluding hydrogens is 304 g/mol. The van der Waals surface area contributed by atoms with Crippen LogP contribution < -0.4 is 0 Å². The first-order valence-electron chi connectivity index (χ1n) is 10.0. The maximum atomic E-state index is 11.6. The van der Waals surface area contributed by atoms with Crippen LogP contribution in [0.25, 0.3) is 0 Å². The molecule has 0 aromatic heterocycles. The van der Waals surface area contributed by atoms with Crippen LogP contribution in [0.2, 0.25) is 0 Å². The van der Waals surface area contributed by atoms with E-state index < -0.39 is 5.60 Å². The summed E-state index contributed by atoms with van der Waals surface area (Å²) in [6, 6.07) is 0. The summed E-state index contributed by atoms with van der Waals surface area (Å²) in [5, 5.41) is 18.7. The van der Waals surface area contributed by atoms with E-state index in [9.17, 15) is 9.90 Å². The summed E-state index contributed by atoms with van der Waals surface area (Å²) >= 11 is 0. The summed E-state index contributed by atoms with van der Waals surface area (Å²) in [7, 11) is 0. The van der Waals surface area contributed by atoms with Gasteiger partial charge in [-0.2, -0.15) is 0 Å². The minimum atomic E-state index is -0.953. The van der Waals surface area contributed by atoms with E-state index in [-0.39, 0.29) is 19.2 Å². The zero-order valence-electron chi connectivity index (χ0n) is 16.0. The first-order valence-corrected chi connectivity index (χ1v) is 10.0. The fourth-order valence-corrected chi connectivity index (χ4v) is 2.76. The molecule has 4 heteroatoms. The third-order valence-corrected chi connectivity index (χ3v) is 4.54. The van der Waals surface area contributed by atoms with Gasteiger partial charge in [-0.05, 0) is 19.8 Å². The molecule has 1 atom stereocenters. The normalized spacial score (nSPS) is 13.7. The molecule has 0 amide bonds. The number of ether oxygens (including phenoxy) is 1. The highest BCUT2D eigenvalue weighted by atomic mass is 16.5. The lowest BCUT2D eigenvalue weighted by Crippen LogP contribution is -2.27. The minimum Gasteiger partial charge on any atom is -0.466 e. The smallest absolute Gasteiger partial charge is 0.305 e. The van der Waals surface area contributed by atoms with Gasteiger partial charge in [-0.15, -0.1) is 0 Å². The van der Waals surface area contributed by atoms with Gasteiger partial charge >= 0.3 is 5.97 Å². The van der Waals surface area contributed by atoms with Crippen LogP contribution in [0.1, 0.15) is 104 Å². The molecule has 0 aliphatic rings. The topological polar surface area (TPSA) is 66.8 Å². The van der Waals surface area contributed by atoms with Gasteiger partial charge < -0.3 is 14.9 Å². The van der Waals surface area contributed by atoms with Crippen LogP contribution in [0.4, 0.5) is 0 Å². The number of unbranched alkanes of at least 4 members (excludes halogenated alkanes) is 10. The monoisotopic (exact) mass is 344 g/mol. The van der Waals surface area contributed by atoms with Crippen molar-refractivity contribution >= 4 is 5.97 Å². The Kier molecular flexibility index (Phi) is 15.5. The molecule has 144 valence electrons. The second-order valence-corrected chi connectivity index (χ2v) is 7.23. The number of aliphatic hydroxyl groups is 2. The van der Waals surface area contributed by atoms with Crippen molar-refractivity contribution < 1.29 is 19.7 Å². The number of carbonyl (C=O) groups is 1. The Morgan fingerprint density at radius 3 is 1.88 bits per heavy atom. The quantitative estimate of drug-likeness (QED) is 0.295. The molecule has 0 saturated carbocycles. The average Bonchev–Trinajstić information content (AvgIpc) is 2.52. The summed E-state index contributed by atoms with van der Waals surface area (Å²) in [6.45, 7) is 4.07. The predicted octanol–water partition coefficient (Wildman–Crippen LogP) is 4.75. The van der Waals surface area contributed by atoms with Gasteiger partial charge in [0.1, 0.15) is 0 Å². The summed E-state index contributed by atoms with van der Waals surface area (Å²) in [4.78, 5) is 11.6. The fraction of sp³-hybridized carbons (Fsp3) is 0.950. The summed E-state index contributed by atoms with van der Waals surface area (Å²) in [6.07, 6.45) is 15.1. The van der Waals surface area contributed by atoms with Crippen molar-refractivity contribution in [2.45, 2.75) is 109 Å². The number of carbonyl (C=O) groups excluding carboxylic acids is 1. The lowest BCUT2D eigenvalue weighted by molar-refractivity contribution is -0.145. The van der Waals surface area contributed by atoms with E-state index in [1.54, 1.807) is 6.92 Å². The number of esters is 1. The molecule has 1 unspecified atom stereocenters. The molecule has 0 rings (SSSR count). The number of rotatable bonds is 17. The summed E-state index contributed by atoms with van der Waals surface area (Å²) < 4.78 is 5.14. The van der Waals surface area contributed by atoms with Gasteiger partial charge in [0, 0.05) is 19.4 Å². The molecule has 4 nitrogen and oxygen atoms in total. The lowest BCUT2D eigenvalue weighted by Gasteiger charge is -2.21. The standard InChI is InChI=1S/C20H40O4/c1-3-4-5-6-7-8-9-10-11-12-13-14-19(22)24-18-16-20(2,23)15-17-21/h21,23H,3-18H2,1-2H3. The van der Waals surface area contributed by atoms with E-state index in [2.05, 4.69) is 6.92 Å². The second-order valence-electron chi connectivity index (χ2n) is 7.23. The van der Waals surface area contributed by atoms with Gasteiger partial charge in [-0.25, -0.2) is 0 Å². The highest BCUT2D eigenvalue weighted by Gasteiger charge is 2.19. The predicted molar refractivity (Wildman–Crippen MR) is 99.0 cm³/mol. The van der Waals surface area contributed by atoms with Crippen LogP contribution in [-0.4, -0.2) is 35.0 Å². The first-order chi connectivity index (χ1) is 11.5. The van der Waals surface area contributed by atoms with Crippen molar-refractivity contribution in [3.63, 3.8) is 0 Å². The average molecular weight is 345 g/mol. The van der Waals surface area contributed by atoms with Crippen molar-refractivity contribution in [2.24, 2.45) is 0 Å². The Balaban J connectivity index is 3.32. The Labute approximate surface area is 149 Å². The largest absolute Gasteiger partial charge is 0.466 e. The van der Waals surface area contributed by atoms with E-state index in [1.807, 2.05) is 0 Å². The number of hydrogen-bond donors (Lipinski definition) is 2. The van der Waals surface area contributed by atoms with E-state index in [0.717, 1.165) is 12.8 Å². The number of aliphatic hydroxyl groups excluding tert-OH is 1. The molecule has 0 aliphatic carbocycles. The van der Waals surface area contributed by atoms with Gasteiger partial charge in [-0.1, -0.05) is 71.1 Å². The molecule has 0 bridgehead atoms. The maximum absolute atomic E-state index is 11.6. The number of hydrogen-bond acceptors (Lipinski definition) is 4. The van der Waals surface area contributed by atoms with Crippen LogP contribution >= 0.6 is 0 Å². The van der Waals surface area contributed by atoms with Gasteiger partial charge in [0.25, 0.3) is 0 Å². The zero-order chi connectivity index (χ0) is 18.1. The van der Waals surface area contributed by atoms with E-state index in [0.29, 0.717) is 19.3 Å². The van der Waals surface area contributed by atoms with Crippen LogP contribution in [0.5, 0.6) is 0 Å². The minimum absolute atomic E-state index is 0.0559. The SMILES string of the molecule is CCCCCCCCCCCCCC(=O)OCCC(C)(O)CCO. The molecule has 0 radical (unpaired) electrons. The molecule has 0 aromatic carbocycles. The van der Waals surface area contributed by atoms with Crippen LogP contribution in [0.15, 0.2) is 0 Å². The fourth-order valence-electron chi connectivity index (χ4n) is 2.76. The molecule has 0 aliphatic heterocycles. The Bertz CT molecular complexity index is 289. The Hall–Kier alpha value is -0.610. The second kappa shape index (κ2) is 15.9. The van der Waals surface area contributed by atoms with E-state index >= 15 is 0 Å². The Morgan fingerprint density at radius 1 is 0.875 bits per heavy atom. The molecule has 24 heavy (non-hydrogen) atoms. The Morgan fingerprint density at radius 2 is 1.38 bits per heavy atom. The lowest BCUT2D eigenvalue weighted by atomic mass is 9.99. The highest BCUT2D eigenvalue weighted by Crippen LogP contribution is 2.14. The van der Waals surface area contributed by atoms with Crippen LogP contribution in [0.3, 0.4) is 0 Å².